The molecule has 124 valence electrons. The van der Waals surface area contributed by atoms with Crippen LogP contribution in [0.15, 0.2) is 22.5 Å². The van der Waals surface area contributed by atoms with Gasteiger partial charge in [0.1, 0.15) is 0 Å². The molecule has 0 radical (unpaired) electrons. The fourth-order valence-electron chi connectivity index (χ4n) is 2.77. The Morgan fingerprint density at radius 3 is 2.77 bits per heavy atom. The summed E-state index contributed by atoms with van der Waals surface area (Å²) in [7, 11) is 1.84. The second kappa shape index (κ2) is 9.85. The van der Waals surface area contributed by atoms with E-state index >= 15 is 0 Å². The highest BCUT2D eigenvalue weighted by molar-refractivity contribution is 7.09. The van der Waals surface area contributed by atoms with Crippen molar-refractivity contribution >= 4 is 17.3 Å². The molecule has 4 nitrogen and oxygen atoms in total. The summed E-state index contributed by atoms with van der Waals surface area (Å²) in [5.74, 6) is 1.84. The van der Waals surface area contributed by atoms with E-state index in [0.717, 1.165) is 31.4 Å². The van der Waals surface area contributed by atoms with Gasteiger partial charge < -0.3 is 15.5 Å². The van der Waals surface area contributed by atoms with Crippen LogP contribution in [0.25, 0.3) is 0 Å². The van der Waals surface area contributed by atoms with Crippen molar-refractivity contribution in [2.45, 2.75) is 32.6 Å². The van der Waals surface area contributed by atoms with Crippen LogP contribution in [0, 0.1) is 5.92 Å². The molecule has 0 unspecified atom stereocenters. The Morgan fingerprint density at radius 2 is 2.09 bits per heavy atom. The predicted molar refractivity (Wildman–Crippen MR) is 96.8 cm³/mol. The topological polar surface area (TPSA) is 39.7 Å². The Labute approximate surface area is 139 Å². The molecule has 1 saturated heterocycles. The first-order valence-corrected chi connectivity index (χ1v) is 9.35. The maximum Gasteiger partial charge on any atom is 0.190 e. The number of nitrogens with zero attached hydrogens (tertiary/aromatic N) is 2. The van der Waals surface area contributed by atoms with Crippen molar-refractivity contribution in [1.82, 2.24) is 15.5 Å². The van der Waals surface area contributed by atoms with E-state index in [1.54, 1.807) is 0 Å². The van der Waals surface area contributed by atoms with E-state index in [1.807, 2.05) is 18.4 Å². The van der Waals surface area contributed by atoms with Crippen molar-refractivity contribution in [3.05, 3.63) is 22.4 Å². The molecule has 1 aromatic heterocycles. The molecular weight excluding hydrogens is 292 g/mol. The quantitative estimate of drug-likeness (QED) is 0.460. The normalized spacial score (nSPS) is 17.6. The Balaban J connectivity index is 1.52. The minimum atomic E-state index is 0.917. The lowest BCUT2D eigenvalue weighted by Crippen LogP contribution is -2.40. The minimum absolute atomic E-state index is 0.917. The van der Waals surface area contributed by atoms with Gasteiger partial charge in [-0.3, -0.25) is 4.99 Å². The highest BCUT2D eigenvalue weighted by Gasteiger charge is 2.14. The van der Waals surface area contributed by atoms with E-state index in [-0.39, 0.29) is 0 Å². The molecule has 0 saturated carbocycles. The van der Waals surface area contributed by atoms with Crippen molar-refractivity contribution in [2.24, 2.45) is 10.9 Å². The number of likely N-dealkylation sites (tertiary alicyclic amines) is 1. The molecule has 5 heteroatoms. The Morgan fingerprint density at radius 1 is 1.32 bits per heavy atom. The van der Waals surface area contributed by atoms with Crippen LogP contribution < -0.4 is 10.6 Å². The van der Waals surface area contributed by atoms with E-state index < -0.39 is 0 Å². The van der Waals surface area contributed by atoms with Crippen LogP contribution in [-0.2, 0) is 6.42 Å². The fourth-order valence-corrected chi connectivity index (χ4v) is 3.48. The smallest absolute Gasteiger partial charge is 0.190 e. The van der Waals surface area contributed by atoms with Crippen molar-refractivity contribution in [2.75, 3.05) is 39.8 Å². The zero-order valence-corrected chi connectivity index (χ0v) is 14.8. The van der Waals surface area contributed by atoms with Crippen LogP contribution in [0.3, 0.4) is 0 Å². The van der Waals surface area contributed by atoms with E-state index in [0.29, 0.717) is 0 Å². The molecule has 0 amide bonds. The maximum absolute atomic E-state index is 4.29. The third-order valence-electron chi connectivity index (χ3n) is 4.29. The summed E-state index contributed by atoms with van der Waals surface area (Å²) in [6.45, 7) is 8.04. The van der Waals surface area contributed by atoms with Crippen LogP contribution in [0.4, 0.5) is 0 Å². The van der Waals surface area contributed by atoms with E-state index in [2.05, 4.69) is 45.0 Å². The van der Waals surface area contributed by atoms with Gasteiger partial charge in [-0.25, -0.2) is 0 Å². The lowest BCUT2D eigenvalue weighted by atomic mass is 9.99. The van der Waals surface area contributed by atoms with Crippen molar-refractivity contribution < 1.29 is 0 Å². The zero-order valence-electron chi connectivity index (χ0n) is 14.0. The van der Waals surface area contributed by atoms with Gasteiger partial charge in [-0.05, 0) is 62.7 Å². The van der Waals surface area contributed by atoms with Gasteiger partial charge in [0, 0.05) is 25.0 Å². The summed E-state index contributed by atoms with van der Waals surface area (Å²) in [6, 6.07) is 4.29. The number of hydrogen-bond acceptors (Lipinski definition) is 3. The van der Waals surface area contributed by atoms with Crippen molar-refractivity contribution in [1.29, 1.82) is 0 Å². The molecule has 22 heavy (non-hydrogen) atoms. The van der Waals surface area contributed by atoms with Gasteiger partial charge in [-0.15, -0.1) is 11.3 Å². The summed E-state index contributed by atoms with van der Waals surface area (Å²) in [6.07, 6.45) is 4.96. The molecule has 1 aliphatic heterocycles. The first-order valence-electron chi connectivity index (χ1n) is 8.47. The van der Waals surface area contributed by atoms with Gasteiger partial charge in [0.15, 0.2) is 5.96 Å². The molecule has 1 aromatic rings. The van der Waals surface area contributed by atoms with Crippen LogP contribution in [0.5, 0.6) is 0 Å². The molecule has 1 aliphatic rings. The second-order valence-electron chi connectivity index (χ2n) is 6.13. The average molecular weight is 323 g/mol. The summed E-state index contributed by atoms with van der Waals surface area (Å²) in [5, 5.41) is 8.93. The number of guanidine groups is 1. The van der Waals surface area contributed by atoms with E-state index in [4.69, 9.17) is 0 Å². The molecule has 0 atom stereocenters. The number of piperidine rings is 1. The number of rotatable bonds is 7. The largest absolute Gasteiger partial charge is 0.356 e. The predicted octanol–water partition coefficient (Wildman–Crippen LogP) is 2.58. The van der Waals surface area contributed by atoms with Crippen molar-refractivity contribution in [3.8, 4) is 0 Å². The van der Waals surface area contributed by atoms with E-state index in [9.17, 15) is 0 Å². The lowest BCUT2D eigenvalue weighted by Gasteiger charge is -2.30. The SMILES string of the molecule is CN=C(NCCCN1CCC(C)CC1)NCCc1cccs1. The number of thiophene rings is 1. The highest BCUT2D eigenvalue weighted by Crippen LogP contribution is 2.15. The number of hydrogen-bond donors (Lipinski definition) is 2. The average Bonchev–Trinajstić information content (AvgIpc) is 3.04. The van der Waals surface area contributed by atoms with Gasteiger partial charge in [0.05, 0.1) is 0 Å². The van der Waals surface area contributed by atoms with Gasteiger partial charge in [0.2, 0.25) is 0 Å². The highest BCUT2D eigenvalue weighted by atomic mass is 32.1. The van der Waals surface area contributed by atoms with Gasteiger partial charge in [-0.1, -0.05) is 13.0 Å². The number of nitrogens with one attached hydrogen (secondary N) is 2. The fraction of sp³-hybridized carbons (Fsp3) is 0.706. The first kappa shape index (κ1) is 17.3. The molecule has 0 aromatic carbocycles. The van der Waals surface area contributed by atoms with Crippen LogP contribution in [0.2, 0.25) is 0 Å². The Hall–Kier alpha value is -1.07. The molecule has 0 bridgehead atoms. The monoisotopic (exact) mass is 322 g/mol. The molecule has 0 spiro atoms. The van der Waals surface area contributed by atoms with Gasteiger partial charge in [0.25, 0.3) is 0 Å². The lowest BCUT2D eigenvalue weighted by molar-refractivity contribution is 0.191. The number of aliphatic imine (C=N–C) groups is 1. The van der Waals surface area contributed by atoms with Gasteiger partial charge >= 0.3 is 0 Å². The molecular formula is C17H30N4S. The molecule has 2 rings (SSSR count). The molecule has 1 fully saturated rings. The minimum Gasteiger partial charge on any atom is -0.356 e. The summed E-state index contributed by atoms with van der Waals surface area (Å²) in [5.41, 5.74) is 0. The third kappa shape index (κ3) is 6.36. The summed E-state index contributed by atoms with van der Waals surface area (Å²) < 4.78 is 0. The first-order chi connectivity index (χ1) is 10.8. The molecule has 0 aliphatic carbocycles. The third-order valence-corrected chi connectivity index (χ3v) is 5.22. The van der Waals surface area contributed by atoms with Gasteiger partial charge in [-0.2, -0.15) is 0 Å². The molecule has 2 N–H and O–H groups in total. The van der Waals surface area contributed by atoms with Crippen molar-refractivity contribution in [3.63, 3.8) is 0 Å². The summed E-state index contributed by atoms with van der Waals surface area (Å²) in [4.78, 5) is 8.30. The van der Waals surface area contributed by atoms with Crippen LogP contribution >= 0.6 is 11.3 Å². The maximum atomic E-state index is 4.29. The van der Waals surface area contributed by atoms with Crippen LogP contribution in [-0.4, -0.2) is 50.6 Å². The standard InChI is InChI=1S/C17H30N4S/c1-15-7-12-21(13-8-15)11-4-9-19-17(18-2)20-10-6-16-5-3-14-22-16/h3,5,14-15H,4,6-13H2,1-2H3,(H2,18,19,20). The van der Waals surface area contributed by atoms with E-state index in [1.165, 1.54) is 43.8 Å². The second-order valence-corrected chi connectivity index (χ2v) is 7.17. The molecule has 2 heterocycles. The Kier molecular flexibility index (Phi) is 7.74. The zero-order chi connectivity index (χ0) is 15.6. The Bertz CT molecular complexity index is 422. The summed E-state index contributed by atoms with van der Waals surface area (Å²) >= 11 is 1.81. The van der Waals surface area contributed by atoms with Crippen LogP contribution in [0.1, 0.15) is 31.1 Å².